The van der Waals surface area contributed by atoms with Gasteiger partial charge in [-0.15, -0.1) is 0 Å². The smallest absolute Gasteiger partial charge is 0.170 e. The molecule has 2 heterocycles. The number of thioether (sulfide) groups is 1. The van der Waals surface area contributed by atoms with Gasteiger partial charge in [-0.1, -0.05) is 11.8 Å². The Morgan fingerprint density at radius 2 is 1.95 bits per heavy atom. The maximum absolute atomic E-state index is 13.3. The second-order valence-electron chi connectivity index (χ2n) is 4.85. The molecule has 1 aliphatic rings. The summed E-state index contributed by atoms with van der Waals surface area (Å²) < 4.78 is 28.3. The third-order valence-electron chi connectivity index (χ3n) is 3.47. The van der Waals surface area contributed by atoms with E-state index in [2.05, 4.69) is 15.2 Å². The van der Waals surface area contributed by atoms with E-state index in [4.69, 9.17) is 0 Å². The van der Waals surface area contributed by atoms with E-state index >= 15 is 0 Å². The molecule has 1 aliphatic heterocycles. The number of nitrogens with zero attached hydrogens (tertiary/aromatic N) is 3. The summed E-state index contributed by atoms with van der Waals surface area (Å²) in [4.78, 5) is 6.71. The van der Waals surface area contributed by atoms with Crippen molar-refractivity contribution in [2.45, 2.75) is 5.16 Å². The summed E-state index contributed by atoms with van der Waals surface area (Å²) in [6.45, 7) is 4.03. The molecule has 4 nitrogen and oxygen atoms in total. The van der Waals surface area contributed by atoms with Gasteiger partial charge >= 0.3 is 0 Å². The normalized spacial score (nSPS) is 16.9. The topological polar surface area (TPSA) is 33.1 Å². The second-order valence-corrected chi connectivity index (χ2v) is 5.76. The van der Waals surface area contributed by atoms with Gasteiger partial charge in [0.15, 0.2) is 16.8 Å². The van der Waals surface area contributed by atoms with Crippen molar-refractivity contribution >= 4 is 22.8 Å². The summed E-state index contributed by atoms with van der Waals surface area (Å²) >= 11 is 1.60. The Morgan fingerprint density at radius 1 is 1.25 bits per heavy atom. The predicted molar refractivity (Wildman–Crippen MR) is 75.8 cm³/mol. The van der Waals surface area contributed by atoms with Crippen LogP contribution >= 0.6 is 11.8 Å². The predicted octanol–water partition coefficient (Wildman–Crippen LogP) is 1.81. The molecule has 1 aromatic carbocycles. The molecule has 0 saturated carbocycles. The van der Waals surface area contributed by atoms with Crippen LogP contribution in [0.15, 0.2) is 17.3 Å². The molecule has 2 aromatic rings. The third kappa shape index (κ3) is 2.65. The fourth-order valence-electron chi connectivity index (χ4n) is 2.28. The summed E-state index contributed by atoms with van der Waals surface area (Å²) in [7, 11) is 1.83. The molecule has 0 unspecified atom stereocenters. The van der Waals surface area contributed by atoms with Crippen LogP contribution in [0.5, 0.6) is 0 Å². The lowest BCUT2D eigenvalue weighted by Crippen LogP contribution is -2.43. The lowest BCUT2D eigenvalue weighted by atomic mass is 10.3. The van der Waals surface area contributed by atoms with E-state index in [1.807, 2.05) is 11.6 Å². The molecule has 1 fully saturated rings. The first-order chi connectivity index (χ1) is 9.65. The first kappa shape index (κ1) is 13.8. The molecule has 3 rings (SSSR count). The van der Waals surface area contributed by atoms with Gasteiger partial charge < -0.3 is 9.88 Å². The summed E-state index contributed by atoms with van der Waals surface area (Å²) in [5.41, 5.74) is 1.11. The zero-order valence-electron chi connectivity index (χ0n) is 11.2. The first-order valence-corrected chi connectivity index (χ1v) is 7.51. The molecule has 1 saturated heterocycles. The molecule has 1 N–H and O–H groups in total. The number of aromatic nitrogens is 2. The number of imidazole rings is 1. The number of aryl methyl sites for hydroxylation is 1. The van der Waals surface area contributed by atoms with Crippen LogP contribution in [-0.2, 0) is 7.05 Å². The molecule has 0 aliphatic carbocycles. The lowest BCUT2D eigenvalue weighted by molar-refractivity contribution is 0.280. The Labute approximate surface area is 120 Å². The van der Waals surface area contributed by atoms with E-state index in [1.165, 1.54) is 6.07 Å². The van der Waals surface area contributed by atoms with Crippen molar-refractivity contribution < 1.29 is 8.78 Å². The highest BCUT2D eigenvalue weighted by molar-refractivity contribution is 7.99. The minimum atomic E-state index is -0.853. The van der Waals surface area contributed by atoms with Crippen LogP contribution in [0.25, 0.3) is 11.0 Å². The van der Waals surface area contributed by atoms with Gasteiger partial charge in [0.05, 0.1) is 16.9 Å². The maximum atomic E-state index is 13.3. The largest absolute Gasteiger partial charge is 0.322 e. The van der Waals surface area contributed by atoms with E-state index in [1.54, 1.807) is 11.8 Å². The standard InChI is InChI=1S/C13H16F2N4S/c1-18-12-7-10(15)9(14)6-11(12)17-13(18)20-8-19-4-2-16-3-5-19/h6-7,16H,2-5,8H2,1H3. The molecule has 0 amide bonds. The highest BCUT2D eigenvalue weighted by Gasteiger charge is 2.15. The summed E-state index contributed by atoms with van der Waals surface area (Å²) in [6, 6.07) is 2.35. The molecule has 0 atom stereocenters. The van der Waals surface area contributed by atoms with Crippen molar-refractivity contribution in [1.82, 2.24) is 19.8 Å². The number of fused-ring (bicyclic) bond motifs is 1. The minimum absolute atomic E-state index is 0.495. The van der Waals surface area contributed by atoms with Gasteiger partial charge in [0.1, 0.15) is 0 Å². The Bertz CT molecular complexity index is 622. The highest BCUT2D eigenvalue weighted by Crippen LogP contribution is 2.25. The van der Waals surface area contributed by atoms with Gasteiger partial charge in [0, 0.05) is 45.4 Å². The van der Waals surface area contributed by atoms with Gasteiger partial charge in [-0.05, 0) is 0 Å². The molecule has 1 aromatic heterocycles. The molecular formula is C13H16F2N4S. The lowest BCUT2D eigenvalue weighted by Gasteiger charge is -2.26. The van der Waals surface area contributed by atoms with Crippen LogP contribution in [0.1, 0.15) is 0 Å². The first-order valence-electron chi connectivity index (χ1n) is 6.52. The van der Waals surface area contributed by atoms with Crippen molar-refractivity contribution in [3.8, 4) is 0 Å². The molecule has 7 heteroatoms. The van der Waals surface area contributed by atoms with Gasteiger partial charge in [0.25, 0.3) is 0 Å². The minimum Gasteiger partial charge on any atom is -0.322 e. The Kier molecular flexibility index (Phi) is 3.91. The van der Waals surface area contributed by atoms with Crippen molar-refractivity contribution in [1.29, 1.82) is 0 Å². The quantitative estimate of drug-likeness (QED) is 0.876. The summed E-state index contributed by atoms with van der Waals surface area (Å²) in [5, 5.41) is 4.08. The SMILES string of the molecule is Cn1c(SCN2CCNCC2)nc2cc(F)c(F)cc21. The molecule has 0 bridgehead atoms. The van der Waals surface area contributed by atoms with Gasteiger partial charge in [0.2, 0.25) is 0 Å². The number of halogens is 2. The van der Waals surface area contributed by atoms with Crippen molar-refractivity contribution in [3.05, 3.63) is 23.8 Å². The average molecular weight is 298 g/mol. The highest BCUT2D eigenvalue weighted by atomic mass is 32.2. The molecule has 0 radical (unpaired) electrons. The van der Waals surface area contributed by atoms with Crippen molar-refractivity contribution in [3.63, 3.8) is 0 Å². The zero-order valence-corrected chi connectivity index (χ0v) is 12.0. The van der Waals surface area contributed by atoms with E-state index in [9.17, 15) is 8.78 Å². The van der Waals surface area contributed by atoms with E-state index < -0.39 is 11.6 Å². The number of hydrogen-bond donors (Lipinski definition) is 1. The Balaban J connectivity index is 1.79. The number of nitrogens with one attached hydrogen (secondary N) is 1. The van der Waals surface area contributed by atoms with Gasteiger partial charge in [-0.3, -0.25) is 4.90 Å². The van der Waals surface area contributed by atoms with Gasteiger partial charge in [-0.2, -0.15) is 0 Å². The van der Waals surface area contributed by atoms with E-state index in [0.717, 1.165) is 43.3 Å². The fourth-order valence-corrected chi connectivity index (χ4v) is 3.29. The van der Waals surface area contributed by atoms with Gasteiger partial charge in [-0.25, -0.2) is 13.8 Å². The number of hydrogen-bond acceptors (Lipinski definition) is 4. The summed E-state index contributed by atoms with van der Waals surface area (Å²) in [5.74, 6) is -0.850. The Morgan fingerprint density at radius 3 is 2.70 bits per heavy atom. The maximum Gasteiger partial charge on any atom is 0.170 e. The number of rotatable bonds is 3. The molecule has 20 heavy (non-hydrogen) atoms. The molecule has 108 valence electrons. The van der Waals surface area contributed by atoms with Crippen LogP contribution in [0, 0.1) is 11.6 Å². The second kappa shape index (κ2) is 5.67. The number of benzene rings is 1. The molecule has 0 spiro atoms. The third-order valence-corrected chi connectivity index (χ3v) is 4.59. The fraction of sp³-hybridized carbons (Fsp3) is 0.462. The van der Waals surface area contributed by atoms with Crippen LogP contribution in [0.3, 0.4) is 0 Å². The van der Waals surface area contributed by atoms with Crippen LogP contribution < -0.4 is 5.32 Å². The number of piperazine rings is 1. The van der Waals surface area contributed by atoms with Crippen LogP contribution in [0.2, 0.25) is 0 Å². The van der Waals surface area contributed by atoms with Crippen LogP contribution in [0.4, 0.5) is 8.78 Å². The van der Waals surface area contributed by atoms with E-state index in [0.29, 0.717) is 11.0 Å². The average Bonchev–Trinajstić information content (AvgIpc) is 2.75. The summed E-state index contributed by atoms with van der Waals surface area (Å²) in [6.07, 6.45) is 0. The van der Waals surface area contributed by atoms with Crippen molar-refractivity contribution in [2.75, 3.05) is 32.1 Å². The monoisotopic (exact) mass is 298 g/mol. The van der Waals surface area contributed by atoms with E-state index in [-0.39, 0.29) is 0 Å². The van der Waals surface area contributed by atoms with Crippen LogP contribution in [-0.4, -0.2) is 46.5 Å². The van der Waals surface area contributed by atoms with Crippen molar-refractivity contribution in [2.24, 2.45) is 7.05 Å². The zero-order chi connectivity index (χ0) is 14.1. The Hall–Kier alpha value is -1.18. The molecular weight excluding hydrogens is 282 g/mol.